The lowest BCUT2D eigenvalue weighted by Gasteiger charge is -2.24. The molecule has 4 nitrogen and oxygen atoms in total. The lowest BCUT2D eigenvalue weighted by Crippen LogP contribution is -2.23. The average Bonchev–Trinajstić information content (AvgIpc) is 2.90. The molecular formula is C20H23FN4. The highest BCUT2D eigenvalue weighted by molar-refractivity contribution is 5.92. The second-order valence-electron chi connectivity index (χ2n) is 6.98. The molecule has 0 amide bonds. The van der Waals surface area contributed by atoms with E-state index in [4.69, 9.17) is 4.98 Å². The highest BCUT2D eigenvalue weighted by Crippen LogP contribution is 2.31. The lowest BCUT2D eigenvalue weighted by atomic mass is 9.95. The summed E-state index contributed by atoms with van der Waals surface area (Å²) in [5.74, 6) is 1.13. The highest BCUT2D eigenvalue weighted by Gasteiger charge is 2.19. The largest absolute Gasteiger partial charge is 0.367 e. The van der Waals surface area contributed by atoms with Gasteiger partial charge in [0.15, 0.2) is 5.82 Å². The molecule has 0 spiro atoms. The molecule has 3 aromatic rings. The Bertz CT molecular complexity index is 909. The van der Waals surface area contributed by atoms with Crippen molar-refractivity contribution in [3.8, 4) is 11.4 Å². The van der Waals surface area contributed by atoms with Crippen molar-refractivity contribution >= 4 is 16.9 Å². The molecule has 1 aromatic carbocycles. The van der Waals surface area contributed by atoms with E-state index in [1.807, 2.05) is 13.0 Å². The van der Waals surface area contributed by atoms with Crippen molar-refractivity contribution < 1.29 is 4.39 Å². The van der Waals surface area contributed by atoms with Gasteiger partial charge in [-0.1, -0.05) is 31.4 Å². The van der Waals surface area contributed by atoms with Gasteiger partial charge in [0, 0.05) is 17.3 Å². The van der Waals surface area contributed by atoms with Gasteiger partial charge in [-0.15, -0.1) is 0 Å². The maximum absolute atomic E-state index is 13.6. The number of anilines is 1. The Balaban J connectivity index is 1.82. The predicted molar refractivity (Wildman–Crippen MR) is 99.3 cm³/mol. The molecule has 130 valence electrons. The van der Waals surface area contributed by atoms with E-state index in [1.165, 1.54) is 49.8 Å². The van der Waals surface area contributed by atoms with E-state index in [0.717, 1.165) is 22.5 Å². The molecule has 0 atom stereocenters. The molecule has 0 aliphatic heterocycles. The predicted octanol–water partition coefficient (Wildman–Crippen LogP) is 5.13. The summed E-state index contributed by atoms with van der Waals surface area (Å²) >= 11 is 0. The number of H-pyrrole nitrogens is 1. The number of fused-ring (bicyclic) bond motifs is 1. The smallest absolute Gasteiger partial charge is 0.164 e. The highest BCUT2D eigenvalue weighted by atomic mass is 19.1. The summed E-state index contributed by atoms with van der Waals surface area (Å²) in [4.78, 5) is 12.8. The zero-order valence-corrected chi connectivity index (χ0v) is 14.7. The van der Waals surface area contributed by atoms with Gasteiger partial charge in [-0.3, -0.25) is 0 Å². The summed E-state index contributed by atoms with van der Waals surface area (Å²) in [6.07, 6.45) is 6.17. The summed E-state index contributed by atoms with van der Waals surface area (Å²) in [7, 11) is 0. The quantitative estimate of drug-likeness (QED) is 0.696. The van der Waals surface area contributed by atoms with Crippen LogP contribution >= 0.6 is 0 Å². The van der Waals surface area contributed by atoms with Crippen molar-refractivity contribution in [3.63, 3.8) is 0 Å². The van der Waals surface area contributed by atoms with Gasteiger partial charge in [-0.05, 0) is 44.4 Å². The number of halogens is 1. The van der Waals surface area contributed by atoms with Gasteiger partial charge in [-0.2, -0.15) is 0 Å². The fraction of sp³-hybridized carbons (Fsp3) is 0.400. The van der Waals surface area contributed by atoms with Crippen LogP contribution in [0.2, 0.25) is 0 Å². The molecule has 1 aliphatic rings. The average molecular weight is 338 g/mol. The monoisotopic (exact) mass is 338 g/mol. The summed E-state index contributed by atoms with van der Waals surface area (Å²) in [6, 6.07) is 6.90. The molecule has 0 unspecified atom stereocenters. The third-order valence-corrected chi connectivity index (χ3v) is 5.18. The van der Waals surface area contributed by atoms with Crippen LogP contribution < -0.4 is 5.32 Å². The minimum absolute atomic E-state index is 0.276. The first-order valence-corrected chi connectivity index (χ1v) is 9.01. The normalized spacial score (nSPS) is 15.6. The Kier molecular flexibility index (Phi) is 4.15. The van der Waals surface area contributed by atoms with E-state index in [9.17, 15) is 4.39 Å². The number of benzene rings is 1. The molecule has 2 aromatic heterocycles. The second kappa shape index (κ2) is 6.47. The van der Waals surface area contributed by atoms with Crippen molar-refractivity contribution in [3.05, 3.63) is 41.3 Å². The number of aromatic amines is 1. The van der Waals surface area contributed by atoms with Crippen molar-refractivity contribution in [2.75, 3.05) is 5.32 Å². The third-order valence-electron chi connectivity index (χ3n) is 5.18. The SMILES string of the molecule is Cc1[nH]c2nc(-c3cccc(F)c3)nc(NC3CCCCC3)c2c1C. The number of rotatable bonds is 3. The van der Waals surface area contributed by atoms with Crippen LogP contribution in [0.4, 0.5) is 10.2 Å². The zero-order valence-electron chi connectivity index (χ0n) is 14.7. The number of nitrogens with one attached hydrogen (secondary N) is 2. The van der Waals surface area contributed by atoms with Gasteiger partial charge >= 0.3 is 0 Å². The minimum Gasteiger partial charge on any atom is -0.367 e. The maximum Gasteiger partial charge on any atom is 0.164 e. The minimum atomic E-state index is -0.276. The van der Waals surface area contributed by atoms with Crippen molar-refractivity contribution in [2.45, 2.75) is 52.0 Å². The van der Waals surface area contributed by atoms with Gasteiger partial charge < -0.3 is 10.3 Å². The van der Waals surface area contributed by atoms with E-state index in [-0.39, 0.29) is 5.82 Å². The summed E-state index contributed by atoms with van der Waals surface area (Å²) in [5.41, 5.74) is 3.76. The Morgan fingerprint density at radius 2 is 1.92 bits per heavy atom. The van der Waals surface area contributed by atoms with Gasteiger partial charge in [0.2, 0.25) is 0 Å². The molecule has 1 fully saturated rings. The molecule has 4 rings (SSSR count). The Morgan fingerprint density at radius 3 is 2.68 bits per heavy atom. The van der Waals surface area contributed by atoms with Crippen LogP contribution in [-0.2, 0) is 0 Å². The summed E-state index contributed by atoms with van der Waals surface area (Å²) < 4.78 is 13.6. The fourth-order valence-corrected chi connectivity index (χ4v) is 3.67. The van der Waals surface area contributed by atoms with Crippen molar-refractivity contribution in [1.82, 2.24) is 15.0 Å². The van der Waals surface area contributed by atoms with Crippen LogP contribution in [0.5, 0.6) is 0 Å². The zero-order chi connectivity index (χ0) is 17.4. The standard InChI is InChI=1S/C20H23FN4/c1-12-13(2)22-19-17(12)20(23-16-9-4-3-5-10-16)25-18(24-19)14-7-6-8-15(21)11-14/h6-8,11,16H,3-5,9-10H2,1-2H3,(H2,22,23,24,25). The molecule has 0 bridgehead atoms. The Hall–Kier alpha value is -2.43. The van der Waals surface area contributed by atoms with E-state index >= 15 is 0 Å². The van der Waals surface area contributed by atoms with Gasteiger partial charge in [0.1, 0.15) is 17.3 Å². The van der Waals surface area contributed by atoms with Gasteiger partial charge in [0.25, 0.3) is 0 Å². The van der Waals surface area contributed by atoms with Crippen LogP contribution in [0.3, 0.4) is 0 Å². The fourth-order valence-electron chi connectivity index (χ4n) is 3.67. The van der Waals surface area contributed by atoms with Crippen molar-refractivity contribution in [1.29, 1.82) is 0 Å². The van der Waals surface area contributed by atoms with E-state index < -0.39 is 0 Å². The summed E-state index contributed by atoms with van der Waals surface area (Å²) in [5, 5.41) is 4.68. The maximum atomic E-state index is 13.6. The van der Waals surface area contributed by atoms with Crippen LogP contribution in [0.1, 0.15) is 43.4 Å². The third kappa shape index (κ3) is 3.11. The Morgan fingerprint density at radius 1 is 1.12 bits per heavy atom. The molecule has 0 saturated heterocycles. The second-order valence-corrected chi connectivity index (χ2v) is 6.98. The lowest BCUT2D eigenvalue weighted by molar-refractivity contribution is 0.462. The first-order valence-electron chi connectivity index (χ1n) is 9.01. The molecule has 25 heavy (non-hydrogen) atoms. The van der Waals surface area contributed by atoms with Crippen LogP contribution in [0, 0.1) is 19.7 Å². The van der Waals surface area contributed by atoms with Crippen LogP contribution in [0.25, 0.3) is 22.4 Å². The molecule has 1 saturated carbocycles. The number of aryl methyl sites for hydroxylation is 2. The molecule has 0 radical (unpaired) electrons. The number of hydrogen-bond donors (Lipinski definition) is 2. The van der Waals surface area contributed by atoms with Crippen LogP contribution in [0.15, 0.2) is 24.3 Å². The molecule has 5 heteroatoms. The molecule has 2 heterocycles. The molecule has 2 N–H and O–H groups in total. The van der Waals surface area contributed by atoms with Gasteiger partial charge in [0.05, 0.1) is 5.39 Å². The van der Waals surface area contributed by atoms with Crippen molar-refractivity contribution in [2.24, 2.45) is 0 Å². The first kappa shape index (κ1) is 16.1. The number of nitrogens with zero attached hydrogens (tertiary/aromatic N) is 2. The van der Waals surface area contributed by atoms with E-state index in [1.54, 1.807) is 6.07 Å². The van der Waals surface area contributed by atoms with E-state index in [0.29, 0.717) is 17.4 Å². The summed E-state index contributed by atoms with van der Waals surface area (Å²) in [6.45, 7) is 4.13. The molecule has 1 aliphatic carbocycles. The van der Waals surface area contributed by atoms with Crippen LogP contribution in [-0.4, -0.2) is 21.0 Å². The Labute approximate surface area is 146 Å². The topological polar surface area (TPSA) is 53.6 Å². The number of aromatic nitrogens is 3. The van der Waals surface area contributed by atoms with E-state index in [2.05, 4.69) is 22.2 Å². The number of hydrogen-bond acceptors (Lipinski definition) is 3. The molecular weight excluding hydrogens is 315 g/mol. The van der Waals surface area contributed by atoms with Gasteiger partial charge in [-0.25, -0.2) is 14.4 Å². The first-order chi connectivity index (χ1) is 12.1.